The van der Waals surface area contributed by atoms with Crippen LogP contribution in [0.2, 0.25) is 0 Å². The summed E-state index contributed by atoms with van der Waals surface area (Å²) in [5.41, 5.74) is 3.19. The van der Waals surface area contributed by atoms with Crippen molar-refractivity contribution < 1.29 is 4.79 Å². The van der Waals surface area contributed by atoms with Crippen LogP contribution in [-0.4, -0.2) is 25.0 Å². The Morgan fingerprint density at radius 1 is 1.22 bits per heavy atom. The summed E-state index contributed by atoms with van der Waals surface area (Å²) in [6, 6.07) is 6.31. The molecule has 1 aliphatic heterocycles. The van der Waals surface area contributed by atoms with Crippen LogP contribution in [0, 0.1) is 25.7 Å². The Hall–Kier alpha value is -1.06. The zero-order valence-electron chi connectivity index (χ0n) is 10.7. The summed E-state index contributed by atoms with van der Waals surface area (Å²) in [6.45, 7) is 6.22. The monoisotopic (exact) mass is 266 g/mol. The SMILES string of the molecule is Cc1ccc(C(=O)NC2C3CNCC32)cc1C.Cl. The maximum atomic E-state index is 12.1. The lowest BCUT2D eigenvalue weighted by atomic mass is 10.1. The summed E-state index contributed by atoms with van der Waals surface area (Å²) < 4.78 is 0. The third-order valence-electron chi connectivity index (χ3n) is 4.16. The van der Waals surface area contributed by atoms with Gasteiger partial charge in [0.1, 0.15) is 0 Å². The molecule has 3 rings (SSSR count). The van der Waals surface area contributed by atoms with Crippen LogP contribution in [0.1, 0.15) is 21.5 Å². The van der Waals surface area contributed by atoms with Gasteiger partial charge in [0.15, 0.2) is 0 Å². The van der Waals surface area contributed by atoms with Crippen molar-refractivity contribution in [2.75, 3.05) is 13.1 Å². The molecule has 1 heterocycles. The molecule has 1 amide bonds. The smallest absolute Gasteiger partial charge is 0.251 e. The van der Waals surface area contributed by atoms with Crippen molar-refractivity contribution in [3.8, 4) is 0 Å². The number of carbonyl (C=O) groups excluding carboxylic acids is 1. The highest BCUT2D eigenvalue weighted by atomic mass is 35.5. The number of hydrogen-bond donors (Lipinski definition) is 2. The second-order valence-electron chi connectivity index (χ2n) is 5.28. The van der Waals surface area contributed by atoms with E-state index in [1.165, 1.54) is 11.1 Å². The first kappa shape index (κ1) is 13.4. The predicted octanol–water partition coefficient (Wildman–Crippen LogP) is 1.67. The van der Waals surface area contributed by atoms with Crippen LogP contribution in [0.25, 0.3) is 0 Å². The Bertz CT molecular complexity index is 465. The summed E-state index contributed by atoms with van der Waals surface area (Å²) in [7, 11) is 0. The van der Waals surface area contributed by atoms with Crippen molar-refractivity contribution in [1.82, 2.24) is 10.6 Å². The average Bonchev–Trinajstić information content (AvgIpc) is 2.76. The molecule has 2 N–H and O–H groups in total. The number of benzene rings is 1. The van der Waals surface area contributed by atoms with Gasteiger partial charge in [0.25, 0.3) is 5.91 Å². The van der Waals surface area contributed by atoms with Crippen LogP contribution in [-0.2, 0) is 0 Å². The van der Waals surface area contributed by atoms with Crippen LogP contribution < -0.4 is 10.6 Å². The van der Waals surface area contributed by atoms with Gasteiger partial charge in [-0.1, -0.05) is 6.07 Å². The minimum atomic E-state index is 0. The van der Waals surface area contributed by atoms with Crippen LogP contribution in [0.3, 0.4) is 0 Å². The third-order valence-corrected chi connectivity index (χ3v) is 4.16. The summed E-state index contributed by atoms with van der Waals surface area (Å²) >= 11 is 0. The Balaban J connectivity index is 0.00000120. The van der Waals surface area contributed by atoms with Crippen LogP contribution in [0.5, 0.6) is 0 Å². The number of nitrogens with one attached hydrogen (secondary N) is 2. The number of amides is 1. The molecule has 0 aromatic heterocycles. The molecule has 4 heteroatoms. The van der Waals surface area contributed by atoms with Crippen molar-refractivity contribution in [2.24, 2.45) is 11.8 Å². The van der Waals surface area contributed by atoms with E-state index in [9.17, 15) is 4.79 Å². The van der Waals surface area contributed by atoms with E-state index in [1.807, 2.05) is 25.1 Å². The predicted molar refractivity (Wildman–Crippen MR) is 74.3 cm³/mol. The quantitative estimate of drug-likeness (QED) is 0.855. The van der Waals surface area contributed by atoms with Gasteiger partial charge in [-0.05, 0) is 48.9 Å². The molecule has 2 atom stereocenters. The minimum absolute atomic E-state index is 0. The van der Waals surface area contributed by atoms with Gasteiger partial charge in [0.2, 0.25) is 0 Å². The van der Waals surface area contributed by atoms with E-state index in [2.05, 4.69) is 17.6 Å². The van der Waals surface area contributed by atoms with Gasteiger partial charge in [-0.25, -0.2) is 0 Å². The van der Waals surface area contributed by atoms with Crippen LogP contribution in [0.15, 0.2) is 18.2 Å². The number of fused-ring (bicyclic) bond motifs is 1. The topological polar surface area (TPSA) is 41.1 Å². The van der Waals surface area contributed by atoms with Gasteiger partial charge in [-0.3, -0.25) is 4.79 Å². The van der Waals surface area contributed by atoms with Crippen molar-refractivity contribution in [3.63, 3.8) is 0 Å². The molecule has 18 heavy (non-hydrogen) atoms. The molecule has 1 aliphatic carbocycles. The summed E-state index contributed by atoms with van der Waals surface area (Å²) in [4.78, 5) is 12.1. The Kier molecular flexibility index (Phi) is 3.64. The number of carbonyl (C=O) groups is 1. The van der Waals surface area contributed by atoms with Gasteiger partial charge in [0, 0.05) is 24.7 Å². The maximum Gasteiger partial charge on any atom is 0.251 e. The minimum Gasteiger partial charge on any atom is -0.349 e. The van der Waals surface area contributed by atoms with E-state index in [1.54, 1.807) is 0 Å². The van der Waals surface area contributed by atoms with Gasteiger partial charge >= 0.3 is 0 Å². The zero-order valence-corrected chi connectivity index (χ0v) is 11.5. The van der Waals surface area contributed by atoms with E-state index in [4.69, 9.17) is 0 Å². The molecule has 1 aromatic carbocycles. The largest absolute Gasteiger partial charge is 0.349 e. The van der Waals surface area contributed by atoms with Crippen molar-refractivity contribution >= 4 is 18.3 Å². The lowest BCUT2D eigenvalue weighted by Crippen LogP contribution is -2.32. The Labute approximate surface area is 114 Å². The molecular formula is C14H19ClN2O. The van der Waals surface area contributed by atoms with Crippen molar-refractivity contribution in [2.45, 2.75) is 19.9 Å². The molecule has 0 radical (unpaired) electrons. The van der Waals surface area contributed by atoms with E-state index in [-0.39, 0.29) is 18.3 Å². The molecule has 98 valence electrons. The lowest BCUT2D eigenvalue weighted by molar-refractivity contribution is 0.0946. The zero-order chi connectivity index (χ0) is 12.0. The second-order valence-corrected chi connectivity index (χ2v) is 5.28. The summed E-state index contributed by atoms with van der Waals surface area (Å²) in [6.07, 6.45) is 0. The molecule has 3 nitrogen and oxygen atoms in total. The van der Waals surface area contributed by atoms with Gasteiger partial charge in [-0.15, -0.1) is 12.4 Å². The Morgan fingerprint density at radius 2 is 1.89 bits per heavy atom. The number of rotatable bonds is 2. The first-order valence-electron chi connectivity index (χ1n) is 6.25. The standard InChI is InChI=1S/C14H18N2O.ClH/c1-8-3-4-10(5-9(8)2)14(17)16-13-11-6-15-7-12(11)13;/h3-5,11-13,15H,6-7H2,1-2H3,(H,16,17);1H. The number of hydrogen-bond acceptors (Lipinski definition) is 2. The lowest BCUT2D eigenvalue weighted by Gasteiger charge is -2.09. The first-order valence-corrected chi connectivity index (χ1v) is 6.25. The molecule has 2 aliphatic rings. The van der Waals surface area contributed by atoms with E-state index >= 15 is 0 Å². The fourth-order valence-corrected chi connectivity index (χ4v) is 2.75. The fourth-order valence-electron chi connectivity index (χ4n) is 2.75. The maximum absolute atomic E-state index is 12.1. The van der Waals surface area contributed by atoms with Crippen LogP contribution >= 0.6 is 12.4 Å². The number of aryl methyl sites for hydroxylation is 2. The highest BCUT2D eigenvalue weighted by Crippen LogP contribution is 2.41. The number of halogens is 1. The highest BCUT2D eigenvalue weighted by Gasteiger charge is 2.53. The van der Waals surface area contributed by atoms with Crippen LogP contribution in [0.4, 0.5) is 0 Å². The second kappa shape index (κ2) is 4.90. The Morgan fingerprint density at radius 3 is 2.50 bits per heavy atom. The molecule has 1 aromatic rings. The third kappa shape index (κ3) is 2.25. The number of piperidine rings is 1. The first-order chi connectivity index (χ1) is 8.16. The van der Waals surface area contributed by atoms with Gasteiger partial charge in [0.05, 0.1) is 0 Å². The molecule has 2 unspecified atom stereocenters. The van der Waals surface area contributed by atoms with E-state index in [0.29, 0.717) is 17.9 Å². The molecule has 0 spiro atoms. The van der Waals surface area contributed by atoms with Gasteiger partial charge < -0.3 is 10.6 Å². The molecule has 1 saturated heterocycles. The van der Waals surface area contributed by atoms with Crippen molar-refractivity contribution in [3.05, 3.63) is 34.9 Å². The highest BCUT2D eigenvalue weighted by molar-refractivity contribution is 5.95. The molecule has 2 fully saturated rings. The van der Waals surface area contributed by atoms with E-state index < -0.39 is 0 Å². The fraction of sp³-hybridized carbons (Fsp3) is 0.500. The molecular weight excluding hydrogens is 248 g/mol. The average molecular weight is 267 g/mol. The van der Waals surface area contributed by atoms with Gasteiger partial charge in [-0.2, -0.15) is 0 Å². The summed E-state index contributed by atoms with van der Waals surface area (Å²) in [5, 5.41) is 6.47. The summed E-state index contributed by atoms with van der Waals surface area (Å²) in [5.74, 6) is 1.42. The van der Waals surface area contributed by atoms with Crippen molar-refractivity contribution in [1.29, 1.82) is 0 Å². The van der Waals surface area contributed by atoms with E-state index in [0.717, 1.165) is 18.7 Å². The molecule has 1 saturated carbocycles. The molecule has 0 bridgehead atoms. The normalized spacial score (nSPS) is 28.2.